The van der Waals surface area contributed by atoms with E-state index in [0.717, 1.165) is 0 Å². The third kappa shape index (κ3) is 4.82. The molecule has 0 rings (SSSR count). The first kappa shape index (κ1) is 12.3. The third-order valence-electron chi connectivity index (χ3n) is 1.58. The first-order chi connectivity index (χ1) is 5.99. The number of nitrogens with zero attached hydrogens (tertiary/aromatic N) is 1. The van der Waals surface area contributed by atoms with E-state index in [0.29, 0.717) is 6.61 Å². The van der Waals surface area contributed by atoms with Gasteiger partial charge in [0.25, 0.3) is 0 Å². The maximum atomic E-state index is 11.0. The van der Waals surface area contributed by atoms with Crippen molar-refractivity contribution < 1.29 is 19.7 Å². The first-order valence-corrected chi connectivity index (χ1v) is 4.26. The Morgan fingerprint density at radius 1 is 1.38 bits per heavy atom. The minimum absolute atomic E-state index is 0.108. The van der Waals surface area contributed by atoms with E-state index in [4.69, 9.17) is 10.2 Å². The number of esters is 1. The lowest BCUT2D eigenvalue weighted by atomic mass is 10.4. The van der Waals surface area contributed by atoms with E-state index in [-0.39, 0.29) is 6.54 Å². The lowest BCUT2D eigenvalue weighted by Crippen LogP contribution is -2.43. The van der Waals surface area contributed by atoms with Gasteiger partial charge in [-0.3, -0.25) is 4.79 Å². The van der Waals surface area contributed by atoms with Gasteiger partial charge in [0.15, 0.2) is 0 Å². The van der Waals surface area contributed by atoms with Gasteiger partial charge in [0, 0.05) is 0 Å². The zero-order valence-electron chi connectivity index (χ0n) is 8.23. The van der Waals surface area contributed by atoms with E-state index in [1.165, 1.54) is 18.7 Å². The summed E-state index contributed by atoms with van der Waals surface area (Å²) in [4.78, 5) is 12.2. The van der Waals surface area contributed by atoms with Crippen molar-refractivity contribution in [1.82, 2.24) is 4.90 Å². The molecule has 13 heavy (non-hydrogen) atoms. The summed E-state index contributed by atoms with van der Waals surface area (Å²) in [5, 5.41) is 18.3. The van der Waals surface area contributed by atoms with Crippen molar-refractivity contribution in [2.75, 3.05) is 13.2 Å². The highest BCUT2D eigenvalue weighted by molar-refractivity contribution is 5.71. The quantitative estimate of drug-likeness (QED) is 0.454. The monoisotopic (exact) mass is 191 g/mol. The fourth-order valence-corrected chi connectivity index (χ4v) is 0.932. The molecule has 0 aromatic rings. The molecule has 2 atom stereocenters. The predicted molar refractivity (Wildman–Crippen MR) is 46.7 cm³/mol. The summed E-state index contributed by atoms with van der Waals surface area (Å²) in [5.74, 6) is -0.454. The van der Waals surface area contributed by atoms with Crippen LogP contribution in [0, 0.1) is 0 Å². The van der Waals surface area contributed by atoms with Gasteiger partial charge in [0.2, 0.25) is 0 Å². The van der Waals surface area contributed by atoms with Crippen molar-refractivity contribution in [3.05, 3.63) is 0 Å². The smallest absolute Gasteiger partial charge is 0.320 e. The second-order valence-corrected chi connectivity index (χ2v) is 2.74. The van der Waals surface area contributed by atoms with Gasteiger partial charge in [0.1, 0.15) is 19.0 Å². The Kier molecular flexibility index (Phi) is 5.61. The highest BCUT2D eigenvalue weighted by Crippen LogP contribution is 2.00. The molecule has 5 heteroatoms. The van der Waals surface area contributed by atoms with Crippen LogP contribution < -0.4 is 0 Å². The second kappa shape index (κ2) is 5.90. The van der Waals surface area contributed by atoms with E-state index in [2.05, 4.69) is 4.74 Å². The molecule has 0 aliphatic rings. The molecule has 0 aromatic carbocycles. The van der Waals surface area contributed by atoms with Gasteiger partial charge >= 0.3 is 5.97 Å². The lowest BCUT2D eigenvalue weighted by molar-refractivity contribution is -0.154. The maximum Gasteiger partial charge on any atom is 0.320 e. The van der Waals surface area contributed by atoms with Crippen LogP contribution in [0.1, 0.15) is 20.8 Å². The van der Waals surface area contributed by atoms with Gasteiger partial charge in [-0.1, -0.05) is 0 Å². The summed E-state index contributed by atoms with van der Waals surface area (Å²) in [5.41, 5.74) is 0. The minimum Gasteiger partial charge on any atom is -0.465 e. The summed E-state index contributed by atoms with van der Waals surface area (Å²) in [7, 11) is 0. The molecule has 0 fully saturated rings. The second-order valence-electron chi connectivity index (χ2n) is 2.74. The van der Waals surface area contributed by atoms with Gasteiger partial charge in [-0.2, -0.15) is 0 Å². The number of aliphatic hydroxyl groups excluding tert-OH is 2. The Morgan fingerprint density at radius 2 is 1.85 bits per heavy atom. The molecule has 5 nitrogen and oxygen atoms in total. The lowest BCUT2D eigenvalue weighted by Gasteiger charge is -2.26. The van der Waals surface area contributed by atoms with Crippen molar-refractivity contribution in [3.8, 4) is 0 Å². The molecular formula is C8H17NO4. The Labute approximate surface area is 77.9 Å². The Morgan fingerprint density at radius 3 is 2.15 bits per heavy atom. The van der Waals surface area contributed by atoms with Crippen LogP contribution in [0.25, 0.3) is 0 Å². The van der Waals surface area contributed by atoms with E-state index in [1.807, 2.05) is 0 Å². The van der Waals surface area contributed by atoms with Crippen LogP contribution in [-0.4, -0.2) is 46.7 Å². The number of aliphatic hydroxyl groups is 2. The number of rotatable bonds is 5. The minimum atomic E-state index is -0.871. The van der Waals surface area contributed by atoms with Crippen molar-refractivity contribution in [1.29, 1.82) is 0 Å². The van der Waals surface area contributed by atoms with Crippen molar-refractivity contribution in [3.63, 3.8) is 0 Å². The molecule has 0 radical (unpaired) electrons. The molecule has 0 amide bonds. The summed E-state index contributed by atoms with van der Waals surface area (Å²) in [6.07, 6.45) is -1.74. The highest BCUT2D eigenvalue weighted by atomic mass is 16.5. The molecule has 0 spiro atoms. The van der Waals surface area contributed by atoms with E-state index < -0.39 is 18.4 Å². The topological polar surface area (TPSA) is 70.0 Å². The molecule has 0 saturated carbocycles. The summed E-state index contributed by atoms with van der Waals surface area (Å²) >= 11 is 0. The van der Waals surface area contributed by atoms with Gasteiger partial charge in [-0.05, 0) is 20.8 Å². The van der Waals surface area contributed by atoms with Crippen molar-refractivity contribution in [2.24, 2.45) is 0 Å². The molecule has 0 saturated heterocycles. The fraction of sp³-hybridized carbons (Fsp3) is 0.875. The number of hydrogen-bond acceptors (Lipinski definition) is 5. The molecule has 0 aromatic heterocycles. The molecular weight excluding hydrogens is 174 g/mol. The third-order valence-corrected chi connectivity index (χ3v) is 1.58. The predicted octanol–water partition coefficient (Wildman–Crippen LogP) is -0.472. The van der Waals surface area contributed by atoms with Gasteiger partial charge < -0.3 is 14.9 Å². The van der Waals surface area contributed by atoms with Crippen LogP contribution in [0.15, 0.2) is 0 Å². The number of hydrogen-bond donors (Lipinski definition) is 2. The summed E-state index contributed by atoms with van der Waals surface area (Å²) in [6.45, 7) is 4.85. The van der Waals surface area contributed by atoms with Crippen LogP contribution in [0.4, 0.5) is 0 Å². The molecule has 0 aliphatic heterocycles. The Balaban J connectivity index is 4.02. The molecule has 0 heterocycles. The number of carbonyl (C=O) groups is 1. The fourth-order valence-electron chi connectivity index (χ4n) is 0.932. The number of ether oxygens (including phenoxy) is 1. The van der Waals surface area contributed by atoms with Gasteiger partial charge in [0.05, 0.1) is 6.61 Å². The Hall–Kier alpha value is -0.650. The maximum absolute atomic E-state index is 11.0. The largest absolute Gasteiger partial charge is 0.465 e. The first-order valence-electron chi connectivity index (χ1n) is 4.26. The van der Waals surface area contributed by atoms with Crippen LogP contribution in [0.2, 0.25) is 0 Å². The van der Waals surface area contributed by atoms with Gasteiger partial charge in [-0.15, -0.1) is 0 Å². The van der Waals surface area contributed by atoms with Gasteiger partial charge in [-0.25, -0.2) is 4.90 Å². The normalized spacial score (nSPS) is 15.5. The van der Waals surface area contributed by atoms with E-state index >= 15 is 0 Å². The SMILES string of the molecule is CCOC(=O)CN(C(C)O)C(C)O. The summed E-state index contributed by atoms with van der Waals surface area (Å²) < 4.78 is 4.67. The standard InChI is InChI=1S/C8H17NO4/c1-4-13-8(12)5-9(6(2)10)7(3)11/h6-7,10-11H,4-5H2,1-3H3. The van der Waals surface area contributed by atoms with Crippen LogP contribution in [0.3, 0.4) is 0 Å². The van der Waals surface area contributed by atoms with E-state index in [9.17, 15) is 4.79 Å². The Bertz CT molecular complexity index is 150. The van der Waals surface area contributed by atoms with Crippen LogP contribution >= 0.6 is 0 Å². The average molecular weight is 191 g/mol. The highest BCUT2D eigenvalue weighted by Gasteiger charge is 2.19. The van der Waals surface area contributed by atoms with Crippen molar-refractivity contribution >= 4 is 5.97 Å². The molecule has 2 N–H and O–H groups in total. The van der Waals surface area contributed by atoms with Crippen LogP contribution in [-0.2, 0) is 9.53 Å². The summed E-state index contributed by atoms with van der Waals surface area (Å²) in [6, 6.07) is 0. The molecule has 78 valence electrons. The molecule has 0 aliphatic carbocycles. The van der Waals surface area contributed by atoms with Crippen molar-refractivity contribution in [2.45, 2.75) is 33.2 Å². The molecule has 0 bridgehead atoms. The van der Waals surface area contributed by atoms with Crippen LogP contribution in [0.5, 0.6) is 0 Å². The number of carbonyl (C=O) groups excluding carboxylic acids is 1. The average Bonchev–Trinajstić information content (AvgIpc) is 1.99. The zero-order valence-corrected chi connectivity index (χ0v) is 8.23. The molecule has 2 unspecified atom stereocenters. The zero-order chi connectivity index (χ0) is 10.4. The van der Waals surface area contributed by atoms with E-state index in [1.54, 1.807) is 6.92 Å².